The second kappa shape index (κ2) is 8.78. The van der Waals surface area contributed by atoms with Gasteiger partial charge in [-0.2, -0.15) is 0 Å². The molecule has 0 saturated heterocycles. The Bertz CT molecular complexity index is 1050. The smallest absolute Gasteiger partial charge is 0.259 e. The number of anilines is 2. The van der Waals surface area contributed by atoms with E-state index in [1.54, 1.807) is 23.8 Å². The number of fused-ring (bicyclic) bond motifs is 2. The number of nitrogens with zero attached hydrogens (tertiary/aromatic N) is 1. The van der Waals surface area contributed by atoms with Crippen LogP contribution in [0.4, 0.5) is 11.4 Å². The summed E-state index contributed by atoms with van der Waals surface area (Å²) in [6.07, 6.45) is 0. The molecule has 1 aliphatic heterocycles. The van der Waals surface area contributed by atoms with Gasteiger partial charge in [0.25, 0.3) is 5.91 Å². The van der Waals surface area contributed by atoms with E-state index in [1.165, 1.54) is 0 Å². The number of ether oxygens (including phenoxy) is 1. The summed E-state index contributed by atoms with van der Waals surface area (Å²) in [5.74, 6) is -0.00980. The molecule has 0 atom stereocenters. The van der Waals surface area contributed by atoms with E-state index in [1.807, 2.05) is 72.8 Å². The molecule has 3 aromatic rings. The highest BCUT2D eigenvalue weighted by Crippen LogP contribution is 2.42. The molecule has 4 nitrogen and oxygen atoms in total. The molecule has 0 spiro atoms. The van der Waals surface area contributed by atoms with Crippen LogP contribution >= 0.6 is 24.0 Å². The molecule has 0 unspecified atom stereocenters. The maximum Gasteiger partial charge on any atom is 0.259 e. The average Bonchev–Trinajstić information content (AvgIpc) is 2.87. The van der Waals surface area contributed by atoms with Gasteiger partial charge in [-0.3, -0.25) is 4.79 Å². The number of amides is 1. The highest BCUT2D eigenvalue weighted by molar-refractivity contribution is 7.99. The largest absolute Gasteiger partial charge is 0.383 e. The van der Waals surface area contributed by atoms with Crippen LogP contribution in [0.15, 0.2) is 82.6 Å². The zero-order valence-corrected chi connectivity index (χ0v) is 17.6. The van der Waals surface area contributed by atoms with Gasteiger partial charge in [0.1, 0.15) is 4.99 Å². The first kappa shape index (κ1) is 19.6. The van der Waals surface area contributed by atoms with Crippen molar-refractivity contribution in [3.05, 3.63) is 83.9 Å². The van der Waals surface area contributed by atoms with Crippen LogP contribution in [0.5, 0.6) is 0 Å². The van der Waals surface area contributed by atoms with Crippen LogP contribution in [-0.2, 0) is 4.74 Å². The van der Waals surface area contributed by atoms with Gasteiger partial charge >= 0.3 is 0 Å². The van der Waals surface area contributed by atoms with Gasteiger partial charge in [-0.25, -0.2) is 0 Å². The van der Waals surface area contributed by atoms with E-state index in [2.05, 4.69) is 5.32 Å². The summed E-state index contributed by atoms with van der Waals surface area (Å²) in [6.45, 7) is 0.961. The molecule has 0 radical (unpaired) electrons. The van der Waals surface area contributed by atoms with Gasteiger partial charge in [0, 0.05) is 34.7 Å². The van der Waals surface area contributed by atoms with Crippen LogP contribution in [0, 0.1) is 0 Å². The van der Waals surface area contributed by atoms with E-state index in [9.17, 15) is 4.79 Å². The number of rotatable bonds is 5. The van der Waals surface area contributed by atoms with Gasteiger partial charge in [-0.15, -0.1) is 0 Å². The van der Waals surface area contributed by atoms with Crippen molar-refractivity contribution in [3.8, 4) is 0 Å². The minimum Gasteiger partial charge on any atom is -0.383 e. The minimum absolute atomic E-state index is 0.00980. The van der Waals surface area contributed by atoms with Crippen LogP contribution in [0.3, 0.4) is 0 Å². The number of nitrogens with one attached hydrogen (secondary N) is 1. The molecular weight excluding hydrogens is 400 g/mol. The maximum atomic E-state index is 13.2. The van der Waals surface area contributed by atoms with Gasteiger partial charge in [0.2, 0.25) is 0 Å². The van der Waals surface area contributed by atoms with Crippen LogP contribution in [0.2, 0.25) is 0 Å². The molecule has 1 heterocycles. The van der Waals surface area contributed by atoms with Crippen LogP contribution in [-0.4, -0.2) is 31.2 Å². The fourth-order valence-corrected chi connectivity index (χ4v) is 4.57. The van der Waals surface area contributed by atoms with Gasteiger partial charge in [0.15, 0.2) is 0 Å². The molecular formula is C23H20N2O2S2. The number of benzene rings is 3. The molecule has 4 rings (SSSR count). The van der Waals surface area contributed by atoms with Gasteiger partial charge in [0.05, 0.1) is 17.9 Å². The maximum absolute atomic E-state index is 13.2. The molecule has 0 bridgehead atoms. The third kappa shape index (κ3) is 4.19. The summed E-state index contributed by atoms with van der Waals surface area (Å²) in [6, 6.07) is 23.5. The van der Waals surface area contributed by atoms with E-state index in [0.717, 1.165) is 26.7 Å². The Balaban J connectivity index is 1.69. The van der Waals surface area contributed by atoms with E-state index in [-0.39, 0.29) is 5.91 Å². The predicted molar refractivity (Wildman–Crippen MR) is 122 cm³/mol. The summed E-state index contributed by atoms with van der Waals surface area (Å²) in [4.78, 5) is 17.6. The number of carbonyl (C=O) groups excluding carboxylic acids is 1. The Morgan fingerprint density at radius 1 is 1.03 bits per heavy atom. The summed E-state index contributed by atoms with van der Waals surface area (Å²) in [5.41, 5.74) is 3.44. The van der Waals surface area contributed by atoms with Crippen molar-refractivity contribution in [2.75, 3.05) is 30.5 Å². The number of methoxy groups -OCH3 is 1. The highest BCUT2D eigenvalue weighted by Gasteiger charge is 2.27. The lowest BCUT2D eigenvalue weighted by atomic mass is 10.1. The quantitative estimate of drug-likeness (QED) is 0.572. The first-order valence-electron chi connectivity index (χ1n) is 9.25. The lowest BCUT2D eigenvalue weighted by Gasteiger charge is -2.23. The average molecular weight is 421 g/mol. The van der Waals surface area contributed by atoms with E-state index >= 15 is 0 Å². The second-order valence-electron chi connectivity index (χ2n) is 6.55. The van der Waals surface area contributed by atoms with Gasteiger partial charge < -0.3 is 15.0 Å². The number of hydrogen-bond donors (Lipinski definition) is 1. The molecule has 6 heteroatoms. The monoisotopic (exact) mass is 420 g/mol. The van der Waals surface area contributed by atoms with Crippen molar-refractivity contribution in [2.45, 2.75) is 9.79 Å². The Morgan fingerprint density at radius 2 is 1.79 bits per heavy atom. The molecule has 3 aromatic carbocycles. The second-order valence-corrected chi connectivity index (χ2v) is 8.04. The third-order valence-electron chi connectivity index (χ3n) is 4.65. The van der Waals surface area contributed by atoms with E-state index in [0.29, 0.717) is 23.7 Å². The van der Waals surface area contributed by atoms with E-state index in [4.69, 9.17) is 17.0 Å². The lowest BCUT2D eigenvalue weighted by molar-refractivity contribution is 0.0973. The minimum atomic E-state index is -0.00980. The SMILES string of the molecule is COCCN1C(=O)c2ccccc2Sc2cc(NC(=S)c3ccccc3)ccc21. The lowest BCUT2D eigenvalue weighted by Crippen LogP contribution is -2.33. The number of carbonyl (C=O) groups is 1. The van der Waals surface area contributed by atoms with Crippen molar-refractivity contribution < 1.29 is 9.53 Å². The number of thiocarbonyl (C=S) groups is 1. The van der Waals surface area contributed by atoms with Crippen LogP contribution < -0.4 is 10.2 Å². The third-order valence-corrected chi connectivity index (χ3v) is 6.11. The van der Waals surface area contributed by atoms with E-state index < -0.39 is 0 Å². The molecule has 146 valence electrons. The molecule has 1 N–H and O–H groups in total. The zero-order chi connectivity index (χ0) is 20.2. The van der Waals surface area contributed by atoms with Crippen LogP contribution in [0.1, 0.15) is 15.9 Å². The molecule has 0 aromatic heterocycles. The molecule has 0 saturated carbocycles. The highest BCUT2D eigenvalue weighted by atomic mass is 32.2. The van der Waals surface area contributed by atoms with Crippen molar-refractivity contribution in [1.29, 1.82) is 0 Å². The summed E-state index contributed by atoms with van der Waals surface area (Å²) < 4.78 is 5.23. The molecule has 1 amide bonds. The Kier molecular flexibility index (Phi) is 5.94. The normalized spacial score (nSPS) is 12.7. The van der Waals surface area contributed by atoms with Crippen molar-refractivity contribution in [3.63, 3.8) is 0 Å². The Hall–Kier alpha value is -2.67. The molecule has 0 fully saturated rings. The fraction of sp³-hybridized carbons (Fsp3) is 0.130. The van der Waals surface area contributed by atoms with Crippen LogP contribution in [0.25, 0.3) is 0 Å². The predicted octanol–water partition coefficient (Wildman–Crippen LogP) is 5.23. The summed E-state index contributed by atoms with van der Waals surface area (Å²) >= 11 is 7.14. The van der Waals surface area contributed by atoms with Crippen molar-refractivity contribution in [1.82, 2.24) is 0 Å². The molecule has 29 heavy (non-hydrogen) atoms. The standard InChI is InChI=1S/C23H20N2O2S2/c1-27-14-13-25-19-12-11-17(24-22(28)16-7-3-2-4-8-16)15-21(19)29-20-10-6-5-9-18(20)23(25)26/h2-12,15H,13-14H2,1H3,(H,24,28). The number of hydrogen-bond acceptors (Lipinski definition) is 4. The molecule has 1 aliphatic rings. The van der Waals surface area contributed by atoms with Gasteiger partial charge in [-0.05, 0) is 30.3 Å². The first-order valence-corrected chi connectivity index (χ1v) is 10.5. The van der Waals surface area contributed by atoms with Crippen molar-refractivity contribution in [2.24, 2.45) is 0 Å². The zero-order valence-electron chi connectivity index (χ0n) is 15.9. The fourth-order valence-electron chi connectivity index (χ4n) is 3.20. The Labute approximate surface area is 179 Å². The Morgan fingerprint density at radius 3 is 2.59 bits per heavy atom. The van der Waals surface area contributed by atoms with Crippen molar-refractivity contribution >= 4 is 46.3 Å². The van der Waals surface area contributed by atoms with Gasteiger partial charge in [-0.1, -0.05) is 66.4 Å². The molecule has 0 aliphatic carbocycles. The topological polar surface area (TPSA) is 41.6 Å². The first-order chi connectivity index (χ1) is 14.2. The summed E-state index contributed by atoms with van der Waals surface area (Å²) in [7, 11) is 1.64. The summed E-state index contributed by atoms with van der Waals surface area (Å²) in [5, 5.41) is 3.31.